The van der Waals surface area contributed by atoms with E-state index in [2.05, 4.69) is 34.6 Å². The Hall–Kier alpha value is -2.24. The van der Waals surface area contributed by atoms with Crippen LogP contribution in [0, 0.1) is 17.3 Å². The van der Waals surface area contributed by atoms with Crippen LogP contribution in [-0.4, -0.2) is 35.2 Å². The van der Waals surface area contributed by atoms with Gasteiger partial charge in [-0.1, -0.05) is 58.0 Å². The van der Waals surface area contributed by atoms with Crippen LogP contribution in [0.2, 0.25) is 0 Å². The van der Waals surface area contributed by atoms with E-state index >= 15 is 0 Å². The van der Waals surface area contributed by atoms with Crippen molar-refractivity contribution in [2.45, 2.75) is 40.2 Å². The molecule has 2 unspecified atom stereocenters. The van der Waals surface area contributed by atoms with Crippen molar-refractivity contribution in [2.24, 2.45) is 23.0 Å². The second-order valence-electron chi connectivity index (χ2n) is 8.58. The number of rotatable bonds is 9. The standard InChI is InChI=1S/C23H33N3O2/c1-16(2)20(21(27)22(28)26-15-23(3,4)14-24)12-17-7-9-18(10-8-17)19-6-5-11-25-13-19/h5-11,13,16,20-21,27H,12,14-15,24H2,1-4H3,(H,26,28). The summed E-state index contributed by atoms with van der Waals surface area (Å²) in [4.78, 5) is 16.6. The van der Waals surface area contributed by atoms with E-state index in [0.717, 1.165) is 16.7 Å². The van der Waals surface area contributed by atoms with Gasteiger partial charge in [-0.25, -0.2) is 0 Å². The highest BCUT2D eigenvalue weighted by Crippen LogP contribution is 2.24. The van der Waals surface area contributed by atoms with Crippen LogP contribution < -0.4 is 11.1 Å². The Bertz CT molecular complexity index is 742. The first-order valence-electron chi connectivity index (χ1n) is 9.88. The van der Waals surface area contributed by atoms with E-state index in [-0.39, 0.29) is 23.2 Å². The third kappa shape index (κ3) is 6.14. The molecule has 0 radical (unpaired) electrons. The van der Waals surface area contributed by atoms with Crippen LogP contribution in [0.1, 0.15) is 33.3 Å². The van der Waals surface area contributed by atoms with E-state index in [0.29, 0.717) is 19.5 Å². The molecule has 0 saturated carbocycles. The molecule has 1 heterocycles. The molecular formula is C23H33N3O2. The first-order valence-corrected chi connectivity index (χ1v) is 9.88. The zero-order chi connectivity index (χ0) is 20.7. The van der Waals surface area contributed by atoms with Crippen molar-refractivity contribution in [3.8, 4) is 11.1 Å². The maximum absolute atomic E-state index is 12.5. The smallest absolute Gasteiger partial charge is 0.249 e. The first-order chi connectivity index (χ1) is 13.2. The van der Waals surface area contributed by atoms with Gasteiger partial charge in [0.05, 0.1) is 0 Å². The van der Waals surface area contributed by atoms with Crippen molar-refractivity contribution in [1.29, 1.82) is 0 Å². The summed E-state index contributed by atoms with van der Waals surface area (Å²) in [5, 5.41) is 13.5. The van der Waals surface area contributed by atoms with Gasteiger partial charge in [0.1, 0.15) is 6.10 Å². The number of nitrogens with one attached hydrogen (secondary N) is 1. The largest absolute Gasteiger partial charge is 0.383 e. The summed E-state index contributed by atoms with van der Waals surface area (Å²) in [6.45, 7) is 8.97. The van der Waals surface area contributed by atoms with Gasteiger partial charge in [0.2, 0.25) is 5.91 Å². The minimum Gasteiger partial charge on any atom is -0.383 e. The Morgan fingerprint density at radius 3 is 2.39 bits per heavy atom. The molecule has 0 spiro atoms. The summed E-state index contributed by atoms with van der Waals surface area (Å²) in [6, 6.07) is 12.2. The van der Waals surface area contributed by atoms with Crippen LogP contribution in [0.5, 0.6) is 0 Å². The number of carbonyl (C=O) groups excluding carboxylic acids is 1. The summed E-state index contributed by atoms with van der Waals surface area (Å²) in [5.41, 5.74) is 8.79. The maximum Gasteiger partial charge on any atom is 0.249 e. The molecular weight excluding hydrogens is 350 g/mol. The molecule has 1 aromatic carbocycles. The summed E-state index contributed by atoms with van der Waals surface area (Å²) >= 11 is 0. The fourth-order valence-corrected chi connectivity index (χ4v) is 3.05. The normalized spacial score (nSPS) is 14.0. The van der Waals surface area contributed by atoms with Gasteiger partial charge in [-0.2, -0.15) is 0 Å². The van der Waals surface area contributed by atoms with Gasteiger partial charge in [0.25, 0.3) is 0 Å². The lowest BCUT2D eigenvalue weighted by molar-refractivity contribution is -0.133. The highest BCUT2D eigenvalue weighted by Gasteiger charge is 2.29. The van der Waals surface area contributed by atoms with Crippen molar-refractivity contribution < 1.29 is 9.90 Å². The quantitative estimate of drug-likeness (QED) is 0.621. The number of aliphatic hydroxyl groups is 1. The fourth-order valence-electron chi connectivity index (χ4n) is 3.05. The van der Waals surface area contributed by atoms with E-state index in [4.69, 9.17) is 5.73 Å². The molecule has 0 bridgehead atoms. The predicted octanol–water partition coefficient (Wildman–Crippen LogP) is 3.03. The zero-order valence-corrected chi connectivity index (χ0v) is 17.4. The summed E-state index contributed by atoms with van der Waals surface area (Å²) in [6.07, 6.45) is 3.18. The predicted molar refractivity (Wildman–Crippen MR) is 114 cm³/mol. The molecule has 2 rings (SSSR count). The van der Waals surface area contributed by atoms with Crippen LogP contribution in [0.15, 0.2) is 48.8 Å². The monoisotopic (exact) mass is 383 g/mol. The number of benzene rings is 1. The fraction of sp³-hybridized carbons (Fsp3) is 0.478. The van der Waals surface area contributed by atoms with Gasteiger partial charge in [-0.05, 0) is 47.1 Å². The van der Waals surface area contributed by atoms with Crippen LogP contribution >= 0.6 is 0 Å². The average molecular weight is 384 g/mol. The number of hydrogen-bond acceptors (Lipinski definition) is 4. The second kappa shape index (κ2) is 9.80. The number of amides is 1. The highest BCUT2D eigenvalue weighted by molar-refractivity contribution is 5.81. The number of nitrogens with zero attached hydrogens (tertiary/aromatic N) is 1. The van der Waals surface area contributed by atoms with Crippen molar-refractivity contribution in [3.63, 3.8) is 0 Å². The van der Waals surface area contributed by atoms with Crippen molar-refractivity contribution in [2.75, 3.05) is 13.1 Å². The third-order valence-electron chi connectivity index (χ3n) is 5.24. The number of nitrogens with two attached hydrogens (primary N) is 1. The molecule has 0 aliphatic carbocycles. The molecule has 4 N–H and O–H groups in total. The Balaban J connectivity index is 2.04. The topological polar surface area (TPSA) is 88.2 Å². The molecule has 0 aliphatic heterocycles. The Morgan fingerprint density at radius 2 is 1.86 bits per heavy atom. The van der Waals surface area contributed by atoms with Crippen LogP contribution in [0.3, 0.4) is 0 Å². The number of aliphatic hydroxyl groups excluding tert-OH is 1. The van der Waals surface area contributed by atoms with Gasteiger partial charge in [-0.3, -0.25) is 9.78 Å². The number of hydrogen-bond donors (Lipinski definition) is 3. The van der Waals surface area contributed by atoms with Gasteiger partial charge >= 0.3 is 0 Å². The van der Waals surface area contributed by atoms with E-state index in [1.165, 1.54) is 0 Å². The molecule has 0 saturated heterocycles. The molecule has 5 nitrogen and oxygen atoms in total. The van der Waals surface area contributed by atoms with Crippen molar-refractivity contribution in [1.82, 2.24) is 10.3 Å². The highest BCUT2D eigenvalue weighted by atomic mass is 16.3. The second-order valence-corrected chi connectivity index (χ2v) is 8.58. The Morgan fingerprint density at radius 1 is 1.18 bits per heavy atom. The number of carbonyl (C=O) groups is 1. The van der Waals surface area contributed by atoms with E-state index in [1.54, 1.807) is 6.20 Å². The molecule has 1 aromatic heterocycles. The van der Waals surface area contributed by atoms with Crippen LogP contribution in [-0.2, 0) is 11.2 Å². The van der Waals surface area contributed by atoms with Crippen molar-refractivity contribution in [3.05, 3.63) is 54.4 Å². The molecule has 0 aliphatic rings. The summed E-state index contributed by atoms with van der Waals surface area (Å²) < 4.78 is 0. The zero-order valence-electron chi connectivity index (χ0n) is 17.4. The van der Waals surface area contributed by atoms with Gasteiger partial charge in [0.15, 0.2) is 0 Å². The van der Waals surface area contributed by atoms with Gasteiger partial charge < -0.3 is 16.2 Å². The lowest BCUT2D eigenvalue weighted by atomic mass is 9.84. The van der Waals surface area contributed by atoms with Crippen molar-refractivity contribution >= 4 is 5.91 Å². The third-order valence-corrected chi connectivity index (χ3v) is 5.24. The van der Waals surface area contributed by atoms with E-state index < -0.39 is 6.10 Å². The van der Waals surface area contributed by atoms with Gasteiger partial charge in [0, 0.05) is 24.9 Å². The van der Waals surface area contributed by atoms with Gasteiger partial charge in [-0.15, -0.1) is 0 Å². The molecule has 152 valence electrons. The molecule has 0 fully saturated rings. The molecule has 2 atom stereocenters. The summed E-state index contributed by atoms with van der Waals surface area (Å²) in [5.74, 6) is -0.321. The Labute approximate surface area is 168 Å². The lowest BCUT2D eigenvalue weighted by Crippen LogP contribution is -2.46. The van der Waals surface area contributed by atoms with E-state index in [9.17, 15) is 9.90 Å². The molecule has 2 aromatic rings. The van der Waals surface area contributed by atoms with Crippen LogP contribution in [0.4, 0.5) is 0 Å². The minimum atomic E-state index is -1.05. The number of pyridine rings is 1. The minimum absolute atomic E-state index is 0.162. The summed E-state index contributed by atoms with van der Waals surface area (Å²) in [7, 11) is 0. The first kappa shape index (κ1) is 22.1. The Kier molecular flexibility index (Phi) is 7.72. The number of aromatic nitrogens is 1. The molecule has 1 amide bonds. The SMILES string of the molecule is CC(C)C(Cc1ccc(-c2cccnc2)cc1)C(O)C(=O)NCC(C)(C)CN. The lowest BCUT2D eigenvalue weighted by Gasteiger charge is -2.28. The van der Waals surface area contributed by atoms with E-state index in [1.807, 2.05) is 46.0 Å². The molecule has 5 heteroatoms. The average Bonchev–Trinajstić information content (AvgIpc) is 2.70. The maximum atomic E-state index is 12.5. The molecule has 28 heavy (non-hydrogen) atoms. The van der Waals surface area contributed by atoms with Crippen LogP contribution in [0.25, 0.3) is 11.1 Å².